The summed E-state index contributed by atoms with van der Waals surface area (Å²) in [5, 5.41) is 10.1. The van der Waals surface area contributed by atoms with Crippen molar-refractivity contribution in [3.05, 3.63) is 0 Å². The molecular formula is C10H23BrN2O. The number of halogens is 1. The van der Waals surface area contributed by atoms with E-state index >= 15 is 0 Å². The standard InChI is InChI=1S/C10H23BrN2O/c1-4-13(9-10(14)8-11)7-5-6-12(2)3/h10,14H,4-9H2,1-3H3. The lowest BCUT2D eigenvalue weighted by molar-refractivity contribution is 0.131. The molecule has 14 heavy (non-hydrogen) atoms. The van der Waals surface area contributed by atoms with E-state index in [4.69, 9.17) is 0 Å². The van der Waals surface area contributed by atoms with Crippen LogP contribution in [-0.2, 0) is 0 Å². The minimum absolute atomic E-state index is 0.241. The van der Waals surface area contributed by atoms with Crippen LogP contribution in [0.25, 0.3) is 0 Å². The molecule has 0 aromatic heterocycles. The highest BCUT2D eigenvalue weighted by molar-refractivity contribution is 9.09. The van der Waals surface area contributed by atoms with Crippen LogP contribution in [0.3, 0.4) is 0 Å². The van der Waals surface area contributed by atoms with Crippen molar-refractivity contribution in [3.8, 4) is 0 Å². The second kappa shape index (κ2) is 8.65. The zero-order valence-corrected chi connectivity index (χ0v) is 11.1. The molecule has 0 saturated heterocycles. The van der Waals surface area contributed by atoms with Gasteiger partial charge >= 0.3 is 0 Å². The number of aliphatic hydroxyl groups excluding tert-OH is 1. The fourth-order valence-electron chi connectivity index (χ4n) is 1.34. The monoisotopic (exact) mass is 266 g/mol. The van der Waals surface area contributed by atoms with E-state index in [1.807, 2.05) is 0 Å². The lowest BCUT2D eigenvalue weighted by Gasteiger charge is -2.23. The summed E-state index contributed by atoms with van der Waals surface area (Å²) < 4.78 is 0. The van der Waals surface area contributed by atoms with Gasteiger partial charge < -0.3 is 14.9 Å². The molecule has 0 rings (SSSR count). The Kier molecular flexibility index (Phi) is 8.87. The van der Waals surface area contributed by atoms with E-state index in [-0.39, 0.29) is 6.10 Å². The minimum atomic E-state index is -0.241. The molecule has 0 aliphatic carbocycles. The molecule has 0 bridgehead atoms. The molecule has 0 aromatic rings. The fourth-order valence-corrected chi connectivity index (χ4v) is 1.54. The first-order valence-corrected chi connectivity index (χ1v) is 6.33. The summed E-state index contributed by atoms with van der Waals surface area (Å²) in [6, 6.07) is 0. The summed E-state index contributed by atoms with van der Waals surface area (Å²) in [4.78, 5) is 4.48. The van der Waals surface area contributed by atoms with Crippen molar-refractivity contribution >= 4 is 15.9 Å². The highest BCUT2D eigenvalue weighted by Gasteiger charge is 2.08. The number of hydrogen-bond donors (Lipinski definition) is 1. The quantitative estimate of drug-likeness (QED) is 0.665. The van der Waals surface area contributed by atoms with Crippen LogP contribution in [0, 0.1) is 0 Å². The molecule has 0 aliphatic heterocycles. The average Bonchev–Trinajstić information content (AvgIpc) is 2.15. The van der Waals surface area contributed by atoms with Gasteiger partial charge in [-0.3, -0.25) is 0 Å². The topological polar surface area (TPSA) is 26.7 Å². The molecule has 0 spiro atoms. The van der Waals surface area contributed by atoms with E-state index in [9.17, 15) is 5.11 Å². The van der Waals surface area contributed by atoms with Gasteiger partial charge in [-0.1, -0.05) is 22.9 Å². The van der Waals surface area contributed by atoms with E-state index in [1.165, 1.54) is 0 Å². The molecule has 0 radical (unpaired) electrons. The average molecular weight is 267 g/mol. The lowest BCUT2D eigenvalue weighted by atomic mass is 10.3. The first-order valence-electron chi connectivity index (χ1n) is 5.21. The second-order valence-electron chi connectivity index (χ2n) is 3.86. The number of likely N-dealkylation sites (N-methyl/N-ethyl adjacent to an activating group) is 1. The van der Waals surface area contributed by atoms with Crippen LogP contribution in [0.4, 0.5) is 0 Å². The molecule has 0 amide bonds. The van der Waals surface area contributed by atoms with Crippen molar-refractivity contribution < 1.29 is 5.11 Å². The SMILES string of the molecule is CCN(CCCN(C)C)CC(O)CBr. The Morgan fingerprint density at radius 2 is 1.93 bits per heavy atom. The highest BCUT2D eigenvalue weighted by Crippen LogP contribution is 1.98. The van der Waals surface area contributed by atoms with Gasteiger partial charge in [-0.15, -0.1) is 0 Å². The van der Waals surface area contributed by atoms with E-state index < -0.39 is 0 Å². The van der Waals surface area contributed by atoms with Crippen LogP contribution in [0.5, 0.6) is 0 Å². The van der Waals surface area contributed by atoms with Crippen LogP contribution in [0.2, 0.25) is 0 Å². The maximum atomic E-state index is 9.47. The van der Waals surface area contributed by atoms with Gasteiger partial charge in [0.05, 0.1) is 6.10 Å². The first-order chi connectivity index (χ1) is 6.60. The molecule has 0 heterocycles. The molecule has 4 heteroatoms. The summed E-state index contributed by atoms with van der Waals surface area (Å²) >= 11 is 3.28. The second-order valence-corrected chi connectivity index (χ2v) is 4.51. The number of rotatable bonds is 8. The summed E-state index contributed by atoms with van der Waals surface area (Å²) in [7, 11) is 4.17. The van der Waals surface area contributed by atoms with Gasteiger partial charge in [0, 0.05) is 11.9 Å². The van der Waals surface area contributed by atoms with E-state index in [1.54, 1.807) is 0 Å². The summed E-state index contributed by atoms with van der Waals surface area (Å²) in [6.45, 7) is 6.10. The maximum Gasteiger partial charge on any atom is 0.0763 e. The Labute approximate surface area is 96.2 Å². The molecule has 0 aliphatic rings. The molecule has 1 atom stereocenters. The van der Waals surface area contributed by atoms with Crippen LogP contribution >= 0.6 is 15.9 Å². The molecule has 1 unspecified atom stereocenters. The highest BCUT2D eigenvalue weighted by atomic mass is 79.9. The van der Waals surface area contributed by atoms with Gasteiger partial charge in [0.1, 0.15) is 0 Å². The van der Waals surface area contributed by atoms with Gasteiger partial charge in [-0.05, 0) is 40.2 Å². The zero-order valence-electron chi connectivity index (χ0n) is 9.54. The van der Waals surface area contributed by atoms with Crippen molar-refractivity contribution in [3.63, 3.8) is 0 Å². The predicted molar refractivity (Wildman–Crippen MR) is 65.1 cm³/mol. The van der Waals surface area contributed by atoms with Crippen LogP contribution in [0.15, 0.2) is 0 Å². The Hall–Kier alpha value is 0.360. The van der Waals surface area contributed by atoms with Gasteiger partial charge in [-0.25, -0.2) is 0 Å². The Morgan fingerprint density at radius 3 is 2.36 bits per heavy atom. The summed E-state index contributed by atoms with van der Waals surface area (Å²) in [6.07, 6.45) is 0.921. The summed E-state index contributed by atoms with van der Waals surface area (Å²) in [5.41, 5.74) is 0. The molecule has 0 fully saturated rings. The Balaban J connectivity index is 3.57. The molecule has 0 aromatic carbocycles. The minimum Gasteiger partial charge on any atom is -0.391 e. The van der Waals surface area contributed by atoms with Gasteiger partial charge in [-0.2, -0.15) is 0 Å². The van der Waals surface area contributed by atoms with E-state index in [0.29, 0.717) is 5.33 Å². The Bertz CT molecular complexity index is 133. The number of alkyl halides is 1. The zero-order chi connectivity index (χ0) is 11.0. The van der Waals surface area contributed by atoms with E-state index in [0.717, 1.165) is 32.6 Å². The van der Waals surface area contributed by atoms with Gasteiger partial charge in [0.25, 0.3) is 0 Å². The van der Waals surface area contributed by atoms with Crippen molar-refractivity contribution in [1.29, 1.82) is 0 Å². The maximum absolute atomic E-state index is 9.47. The van der Waals surface area contributed by atoms with Gasteiger partial charge in [0.2, 0.25) is 0 Å². The molecule has 3 nitrogen and oxygen atoms in total. The lowest BCUT2D eigenvalue weighted by Crippen LogP contribution is -2.34. The fraction of sp³-hybridized carbons (Fsp3) is 1.00. The van der Waals surface area contributed by atoms with Crippen molar-refractivity contribution in [2.24, 2.45) is 0 Å². The summed E-state index contributed by atoms with van der Waals surface area (Å²) in [5.74, 6) is 0. The van der Waals surface area contributed by atoms with Crippen molar-refractivity contribution in [1.82, 2.24) is 9.80 Å². The van der Waals surface area contributed by atoms with Crippen molar-refractivity contribution in [2.45, 2.75) is 19.4 Å². The van der Waals surface area contributed by atoms with Crippen LogP contribution < -0.4 is 0 Å². The van der Waals surface area contributed by atoms with E-state index in [2.05, 4.69) is 46.7 Å². The van der Waals surface area contributed by atoms with Crippen LogP contribution in [-0.4, -0.2) is 66.6 Å². The normalized spacial score (nSPS) is 13.9. The largest absolute Gasteiger partial charge is 0.391 e. The molecule has 1 N–H and O–H groups in total. The first kappa shape index (κ1) is 14.4. The van der Waals surface area contributed by atoms with Crippen molar-refractivity contribution in [2.75, 3.05) is 45.6 Å². The third-order valence-corrected chi connectivity index (χ3v) is 2.92. The number of nitrogens with zero attached hydrogens (tertiary/aromatic N) is 2. The number of aliphatic hydroxyl groups is 1. The molecule has 0 saturated carbocycles. The molecule has 86 valence electrons. The van der Waals surface area contributed by atoms with Crippen LogP contribution in [0.1, 0.15) is 13.3 Å². The third kappa shape index (κ3) is 7.74. The smallest absolute Gasteiger partial charge is 0.0763 e. The van der Waals surface area contributed by atoms with Gasteiger partial charge in [0.15, 0.2) is 0 Å². The Morgan fingerprint density at radius 1 is 1.29 bits per heavy atom. The third-order valence-electron chi connectivity index (χ3n) is 2.17. The predicted octanol–water partition coefficient (Wildman–Crippen LogP) is 1.02. The number of hydrogen-bond acceptors (Lipinski definition) is 3. The molecular weight excluding hydrogens is 244 g/mol.